The van der Waals surface area contributed by atoms with Gasteiger partial charge in [-0.15, -0.1) is 0 Å². The predicted octanol–water partition coefficient (Wildman–Crippen LogP) is -1.63. The number of carbonyl (C=O) groups is 5. The van der Waals surface area contributed by atoms with Crippen LogP contribution in [0, 0.1) is 0 Å². The third-order valence-corrected chi connectivity index (χ3v) is 5.91. The first-order valence-corrected chi connectivity index (χ1v) is 12.6. The number of aromatic nitrogens is 2. The van der Waals surface area contributed by atoms with Gasteiger partial charge in [-0.2, -0.15) is 0 Å². The molecule has 15 nitrogen and oxygen atoms in total. The second-order valence-electron chi connectivity index (χ2n) is 9.16. The highest BCUT2D eigenvalue weighted by molar-refractivity contribution is 5.95. The third kappa shape index (κ3) is 10.7. The Morgan fingerprint density at radius 1 is 0.875 bits per heavy atom. The lowest BCUT2D eigenvalue weighted by molar-refractivity contribution is -0.142. The van der Waals surface area contributed by atoms with Crippen molar-refractivity contribution in [3.8, 4) is 5.75 Å². The molecule has 0 fully saturated rings. The average molecular weight is 562 g/mol. The van der Waals surface area contributed by atoms with E-state index in [4.69, 9.17) is 16.6 Å². The number of imidazole rings is 1. The van der Waals surface area contributed by atoms with Crippen molar-refractivity contribution < 1.29 is 39.3 Å². The standard InChI is InChI=1S/C25H35N7O8/c26-8-2-1-3-18(25(39)40)30-24(38)20(10-15-12-28-13-29-15)32-23(37)19(9-14-4-6-16(33)7-5-14)31-22(36)17(27)11-21(34)35/h4-7,12-13,17-20,33H,1-3,8-11,26-27H2,(H,28,29)(H,30,38)(H,31,36)(H,32,37)(H,34,35)(H,39,40). The Morgan fingerprint density at radius 3 is 2.02 bits per heavy atom. The number of aromatic hydroxyl groups is 1. The summed E-state index contributed by atoms with van der Waals surface area (Å²) in [6.07, 6.45) is 3.12. The van der Waals surface area contributed by atoms with Gasteiger partial charge in [0, 0.05) is 24.7 Å². The van der Waals surface area contributed by atoms with Gasteiger partial charge in [0.25, 0.3) is 0 Å². The smallest absolute Gasteiger partial charge is 0.326 e. The van der Waals surface area contributed by atoms with Crippen LogP contribution in [-0.2, 0) is 36.8 Å². The van der Waals surface area contributed by atoms with E-state index in [-0.39, 0.29) is 25.0 Å². The SMILES string of the molecule is NCCCCC(NC(=O)C(Cc1cnc[nH]1)NC(=O)C(Cc1ccc(O)cc1)NC(=O)C(N)CC(=O)O)C(=O)O. The molecular formula is C25H35N7O8. The van der Waals surface area contributed by atoms with E-state index in [2.05, 4.69) is 25.9 Å². The van der Waals surface area contributed by atoms with Crippen molar-refractivity contribution in [1.82, 2.24) is 25.9 Å². The monoisotopic (exact) mass is 561 g/mol. The summed E-state index contributed by atoms with van der Waals surface area (Å²) >= 11 is 0. The Kier molecular flexibility index (Phi) is 12.5. The van der Waals surface area contributed by atoms with Crippen LogP contribution in [0.2, 0.25) is 0 Å². The number of carboxylic acids is 2. The van der Waals surface area contributed by atoms with Crippen LogP contribution in [0.4, 0.5) is 0 Å². The molecule has 1 aromatic carbocycles. The van der Waals surface area contributed by atoms with Crippen LogP contribution < -0.4 is 27.4 Å². The van der Waals surface area contributed by atoms with Crippen molar-refractivity contribution in [3.63, 3.8) is 0 Å². The minimum absolute atomic E-state index is 0.0204. The molecule has 1 aromatic heterocycles. The maximum absolute atomic E-state index is 13.4. The molecule has 40 heavy (non-hydrogen) atoms. The van der Waals surface area contributed by atoms with Gasteiger partial charge in [-0.3, -0.25) is 19.2 Å². The molecule has 0 bridgehead atoms. The summed E-state index contributed by atoms with van der Waals surface area (Å²) in [6.45, 7) is 0.364. The maximum Gasteiger partial charge on any atom is 0.326 e. The minimum atomic E-state index is -1.44. The lowest BCUT2D eigenvalue weighted by Gasteiger charge is -2.25. The molecule has 4 unspecified atom stereocenters. The zero-order valence-corrected chi connectivity index (χ0v) is 21.7. The second kappa shape index (κ2) is 15.8. The third-order valence-electron chi connectivity index (χ3n) is 5.91. The van der Waals surface area contributed by atoms with Crippen LogP contribution >= 0.6 is 0 Å². The van der Waals surface area contributed by atoms with E-state index in [0.29, 0.717) is 30.6 Å². The van der Waals surface area contributed by atoms with E-state index in [1.165, 1.54) is 36.8 Å². The zero-order chi connectivity index (χ0) is 29.7. The summed E-state index contributed by atoms with van der Waals surface area (Å²) < 4.78 is 0. The molecule has 0 radical (unpaired) electrons. The number of carboxylic acid groups (broad SMARTS) is 2. The number of aliphatic carboxylic acids is 2. The molecule has 2 aromatic rings. The van der Waals surface area contributed by atoms with Crippen molar-refractivity contribution in [2.75, 3.05) is 6.54 Å². The molecule has 15 heteroatoms. The molecule has 0 saturated carbocycles. The van der Waals surface area contributed by atoms with Gasteiger partial charge >= 0.3 is 11.9 Å². The van der Waals surface area contributed by atoms with Gasteiger partial charge in [-0.25, -0.2) is 9.78 Å². The van der Waals surface area contributed by atoms with Crippen LogP contribution in [0.5, 0.6) is 5.75 Å². The molecule has 2 rings (SSSR count). The first-order chi connectivity index (χ1) is 19.0. The highest BCUT2D eigenvalue weighted by Crippen LogP contribution is 2.12. The van der Waals surface area contributed by atoms with Crippen molar-refractivity contribution >= 4 is 29.7 Å². The molecule has 3 amide bonds. The van der Waals surface area contributed by atoms with Crippen LogP contribution in [0.1, 0.15) is 36.9 Å². The fourth-order valence-corrected chi connectivity index (χ4v) is 3.76. The Bertz CT molecular complexity index is 1140. The normalized spacial score (nSPS) is 13.8. The number of rotatable bonds is 17. The summed E-state index contributed by atoms with van der Waals surface area (Å²) in [4.78, 5) is 68.6. The van der Waals surface area contributed by atoms with Crippen LogP contribution in [0.3, 0.4) is 0 Å². The second-order valence-corrected chi connectivity index (χ2v) is 9.16. The zero-order valence-electron chi connectivity index (χ0n) is 21.7. The Hall–Kier alpha value is -4.50. The highest BCUT2D eigenvalue weighted by atomic mass is 16.4. The summed E-state index contributed by atoms with van der Waals surface area (Å²) in [5, 5.41) is 35.5. The number of nitrogens with two attached hydrogens (primary N) is 2. The highest BCUT2D eigenvalue weighted by Gasteiger charge is 2.31. The van der Waals surface area contributed by atoms with Gasteiger partial charge in [-0.05, 0) is 43.5 Å². The number of nitrogens with one attached hydrogen (secondary N) is 4. The topological polar surface area (TPSA) is 263 Å². The molecule has 4 atom stereocenters. The summed E-state index contributed by atoms with van der Waals surface area (Å²) in [5.74, 6) is -5.06. The molecule has 0 aliphatic rings. The number of phenols is 1. The van der Waals surface area contributed by atoms with Gasteiger partial charge in [0.05, 0.1) is 18.8 Å². The van der Waals surface area contributed by atoms with E-state index >= 15 is 0 Å². The van der Waals surface area contributed by atoms with E-state index in [1.54, 1.807) is 0 Å². The number of aromatic amines is 1. The summed E-state index contributed by atoms with van der Waals surface area (Å²) in [5.41, 5.74) is 12.1. The lowest BCUT2D eigenvalue weighted by Crippen LogP contribution is -2.58. The fourth-order valence-electron chi connectivity index (χ4n) is 3.76. The lowest BCUT2D eigenvalue weighted by atomic mass is 10.0. The number of carbonyl (C=O) groups excluding carboxylic acids is 3. The Balaban J connectivity index is 2.27. The summed E-state index contributed by atoms with van der Waals surface area (Å²) in [6, 6.07) is 0.577. The van der Waals surface area contributed by atoms with E-state index in [9.17, 15) is 34.2 Å². The Labute approximate surface area is 229 Å². The number of benzene rings is 1. The molecule has 11 N–H and O–H groups in total. The summed E-state index contributed by atoms with van der Waals surface area (Å²) in [7, 11) is 0. The van der Waals surface area contributed by atoms with E-state index in [1.807, 2.05) is 0 Å². The van der Waals surface area contributed by atoms with Gasteiger partial charge in [0.1, 0.15) is 23.9 Å². The molecule has 0 spiro atoms. The number of unbranched alkanes of at least 4 members (excludes halogenated alkanes) is 1. The number of amides is 3. The Morgan fingerprint density at radius 2 is 1.48 bits per heavy atom. The maximum atomic E-state index is 13.4. The number of nitrogens with zero attached hydrogens (tertiary/aromatic N) is 1. The largest absolute Gasteiger partial charge is 0.508 e. The van der Waals surface area contributed by atoms with Gasteiger partial charge in [-0.1, -0.05) is 12.1 Å². The quantitative estimate of drug-likeness (QED) is 0.0990. The van der Waals surface area contributed by atoms with Crippen molar-refractivity contribution in [3.05, 3.63) is 48.0 Å². The minimum Gasteiger partial charge on any atom is -0.508 e. The predicted molar refractivity (Wildman–Crippen MR) is 141 cm³/mol. The number of hydrogen-bond donors (Lipinski definition) is 9. The molecule has 0 aliphatic carbocycles. The number of phenolic OH excluding ortho intramolecular Hbond substituents is 1. The van der Waals surface area contributed by atoms with Gasteiger partial charge < -0.3 is 47.7 Å². The fraction of sp³-hybridized carbons (Fsp3) is 0.440. The van der Waals surface area contributed by atoms with E-state index < -0.39 is 60.2 Å². The van der Waals surface area contributed by atoms with Gasteiger partial charge in [0.2, 0.25) is 17.7 Å². The van der Waals surface area contributed by atoms with E-state index in [0.717, 1.165) is 0 Å². The van der Waals surface area contributed by atoms with Crippen molar-refractivity contribution in [2.24, 2.45) is 11.5 Å². The van der Waals surface area contributed by atoms with Crippen LogP contribution in [0.15, 0.2) is 36.8 Å². The van der Waals surface area contributed by atoms with Crippen LogP contribution in [-0.4, -0.2) is 85.7 Å². The average Bonchev–Trinajstić information content (AvgIpc) is 3.41. The molecular weight excluding hydrogens is 526 g/mol. The molecule has 1 heterocycles. The first-order valence-electron chi connectivity index (χ1n) is 12.6. The van der Waals surface area contributed by atoms with Crippen LogP contribution in [0.25, 0.3) is 0 Å². The molecule has 218 valence electrons. The van der Waals surface area contributed by atoms with Gasteiger partial charge in [0.15, 0.2) is 0 Å². The number of H-pyrrole nitrogens is 1. The number of hydrogen-bond acceptors (Lipinski definition) is 9. The van der Waals surface area contributed by atoms with Crippen molar-refractivity contribution in [1.29, 1.82) is 0 Å². The molecule has 0 aliphatic heterocycles. The first kappa shape index (κ1) is 31.7. The van der Waals surface area contributed by atoms with Crippen molar-refractivity contribution in [2.45, 2.75) is 62.7 Å². The molecule has 0 saturated heterocycles.